The van der Waals surface area contributed by atoms with Gasteiger partial charge in [-0.2, -0.15) is 0 Å². The van der Waals surface area contributed by atoms with Gasteiger partial charge in [0.15, 0.2) is 0 Å². The van der Waals surface area contributed by atoms with Crippen LogP contribution in [0.25, 0.3) is 0 Å². The highest BCUT2D eigenvalue weighted by Crippen LogP contribution is 2.15. The molecule has 1 aromatic carbocycles. The third kappa shape index (κ3) is 11.3. The van der Waals surface area contributed by atoms with Gasteiger partial charge in [-0.25, -0.2) is 0 Å². The molecule has 24 heavy (non-hydrogen) atoms. The Kier molecular flexibility index (Phi) is 12.2. The van der Waals surface area contributed by atoms with Crippen LogP contribution in [0.1, 0.15) is 96.5 Å². The fourth-order valence-electron chi connectivity index (χ4n) is 3.13. The molecule has 1 N–H and O–H groups in total. The summed E-state index contributed by atoms with van der Waals surface area (Å²) >= 11 is 0. The average molecular weight is 332 g/mol. The maximum atomic E-state index is 11.0. The van der Waals surface area contributed by atoms with Crippen molar-refractivity contribution in [2.75, 3.05) is 5.32 Å². The number of rotatable bonds is 14. The number of aryl methyl sites for hydroxylation is 1. The summed E-state index contributed by atoms with van der Waals surface area (Å²) < 4.78 is 0. The largest absolute Gasteiger partial charge is 0.326 e. The number of amides is 1. The number of hydrogen-bond acceptors (Lipinski definition) is 1. The van der Waals surface area contributed by atoms with E-state index in [4.69, 9.17) is 0 Å². The molecule has 0 aliphatic carbocycles. The number of carbonyl (C=O) groups excluding carboxylic acids is 1. The van der Waals surface area contributed by atoms with Crippen LogP contribution >= 0.6 is 0 Å². The predicted molar refractivity (Wildman–Crippen MR) is 106 cm³/mol. The zero-order chi connectivity index (χ0) is 17.5. The lowest BCUT2D eigenvalue weighted by atomic mass is 10.0. The third-order valence-electron chi connectivity index (χ3n) is 4.59. The highest BCUT2D eigenvalue weighted by Gasteiger charge is 1.98. The van der Waals surface area contributed by atoms with Crippen molar-refractivity contribution in [3.8, 4) is 0 Å². The fourth-order valence-corrected chi connectivity index (χ4v) is 3.13. The minimum Gasteiger partial charge on any atom is -0.326 e. The summed E-state index contributed by atoms with van der Waals surface area (Å²) in [5, 5.41) is 2.81. The first kappa shape index (κ1) is 20.7. The predicted octanol–water partition coefficient (Wildman–Crippen LogP) is 6.89. The molecule has 2 heteroatoms. The van der Waals surface area contributed by atoms with Crippen molar-refractivity contribution in [2.45, 2.75) is 97.3 Å². The van der Waals surface area contributed by atoms with E-state index in [9.17, 15) is 4.79 Å². The molecule has 0 atom stereocenters. The zero-order valence-corrected chi connectivity index (χ0v) is 15.9. The Bertz CT molecular complexity index is 424. The lowest BCUT2D eigenvalue weighted by Crippen LogP contribution is -2.05. The summed E-state index contributed by atoms with van der Waals surface area (Å²) in [4.78, 5) is 11.0. The maximum absolute atomic E-state index is 11.0. The Balaban J connectivity index is 1.92. The first-order valence-electron chi connectivity index (χ1n) is 10.1. The molecule has 0 saturated heterocycles. The van der Waals surface area contributed by atoms with E-state index in [-0.39, 0.29) is 5.91 Å². The van der Waals surface area contributed by atoms with E-state index in [1.807, 2.05) is 12.1 Å². The molecule has 0 spiro atoms. The Labute approximate surface area is 149 Å². The normalized spacial score (nSPS) is 10.8. The Morgan fingerprint density at radius 1 is 0.750 bits per heavy atom. The van der Waals surface area contributed by atoms with E-state index in [2.05, 4.69) is 24.4 Å². The number of hydrogen-bond donors (Lipinski definition) is 1. The minimum atomic E-state index is -0.0105. The Morgan fingerprint density at radius 3 is 1.67 bits per heavy atom. The Hall–Kier alpha value is -1.31. The van der Waals surface area contributed by atoms with Crippen LogP contribution in [-0.4, -0.2) is 5.91 Å². The van der Waals surface area contributed by atoms with Crippen molar-refractivity contribution in [1.82, 2.24) is 0 Å². The van der Waals surface area contributed by atoms with Gasteiger partial charge < -0.3 is 5.32 Å². The number of nitrogens with one attached hydrogen (secondary N) is 1. The van der Waals surface area contributed by atoms with Crippen LogP contribution in [-0.2, 0) is 11.2 Å². The summed E-state index contributed by atoms with van der Waals surface area (Å²) in [6.07, 6.45) is 17.9. The minimum absolute atomic E-state index is 0.0105. The van der Waals surface area contributed by atoms with E-state index in [1.54, 1.807) is 6.92 Å². The maximum Gasteiger partial charge on any atom is 0.221 e. The number of carbonyl (C=O) groups is 1. The topological polar surface area (TPSA) is 29.1 Å². The summed E-state index contributed by atoms with van der Waals surface area (Å²) in [5.41, 5.74) is 2.26. The van der Waals surface area contributed by atoms with Crippen molar-refractivity contribution in [3.05, 3.63) is 29.8 Å². The van der Waals surface area contributed by atoms with Crippen LogP contribution < -0.4 is 5.32 Å². The van der Waals surface area contributed by atoms with Crippen molar-refractivity contribution < 1.29 is 4.79 Å². The van der Waals surface area contributed by atoms with Gasteiger partial charge in [-0.1, -0.05) is 89.7 Å². The van der Waals surface area contributed by atoms with E-state index in [0.717, 1.165) is 12.1 Å². The van der Waals surface area contributed by atoms with Crippen LogP contribution in [0.5, 0.6) is 0 Å². The number of anilines is 1. The SMILES string of the molecule is CCCCCCCCCCCCCCc1ccc(NC(C)=O)cc1. The molecule has 0 aliphatic rings. The molecular weight excluding hydrogens is 294 g/mol. The molecule has 136 valence electrons. The van der Waals surface area contributed by atoms with Gasteiger partial charge in [0.25, 0.3) is 0 Å². The van der Waals surface area contributed by atoms with Crippen molar-refractivity contribution in [2.24, 2.45) is 0 Å². The molecule has 2 nitrogen and oxygen atoms in total. The monoisotopic (exact) mass is 331 g/mol. The lowest BCUT2D eigenvalue weighted by molar-refractivity contribution is -0.114. The second kappa shape index (κ2) is 14.1. The highest BCUT2D eigenvalue weighted by molar-refractivity contribution is 5.88. The highest BCUT2D eigenvalue weighted by atomic mass is 16.1. The molecule has 0 saturated carbocycles. The first-order chi connectivity index (χ1) is 11.7. The first-order valence-corrected chi connectivity index (χ1v) is 10.1. The average Bonchev–Trinajstić information content (AvgIpc) is 2.57. The Morgan fingerprint density at radius 2 is 1.21 bits per heavy atom. The molecule has 1 aromatic rings. The summed E-state index contributed by atoms with van der Waals surface area (Å²) in [6, 6.07) is 8.25. The summed E-state index contributed by atoms with van der Waals surface area (Å²) in [6.45, 7) is 3.82. The van der Waals surface area contributed by atoms with E-state index >= 15 is 0 Å². The van der Waals surface area contributed by atoms with Gasteiger partial charge in [-0.15, -0.1) is 0 Å². The van der Waals surface area contributed by atoms with E-state index in [0.29, 0.717) is 0 Å². The van der Waals surface area contributed by atoms with Crippen molar-refractivity contribution in [1.29, 1.82) is 0 Å². The smallest absolute Gasteiger partial charge is 0.221 e. The van der Waals surface area contributed by atoms with Gasteiger partial charge in [0.2, 0.25) is 5.91 Å². The van der Waals surface area contributed by atoms with Crippen molar-refractivity contribution >= 4 is 11.6 Å². The third-order valence-corrected chi connectivity index (χ3v) is 4.59. The second-order valence-electron chi connectivity index (χ2n) is 7.02. The van der Waals surface area contributed by atoms with Crippen LogP contribution in [0.2, 0.25) is 0 Å². The molecule has 0 heterocycles. The van der Waals surface area contributed by atoms with Crippen LogP contribution in [0, 0.1) is 0 Å². The van der Waals surface area contributed by atoms with Gasteiger partial charge >= 0.3 is 0 Å². The zero-order valence-electron chi connectivity index (χ0n) is 15.9. The van der Waals surface area contributed by atoms with Gasteiger partial charge in [-0.3, -0.25) is 4.79 Å². The van der Waals surface area contributed by atoms with Gasteiger partial charge in [0.05, 0.1) is 0 Å². The quantitative estimate of drug-likeness (QED) is 0.369. The van der Waals surface area contributed by atoms with E-state index in [1.165, 1.54) is 82.6 Å². The van der Waals surface area contributed by atoms with Crippen LogP contribution in [0.3, 0.4) is 0 Å². The number of benzene rings is 1. The second-order valence-corrected chi connectivity index (χ2v) is 7.02. The molecule has 1 rings (SSSR count). The molecule has 1 amide bonds. The standard InChI is InChI=1S/C22H37NO/c1-3-4-5-6-7-8-9-10-11-12-13-14-15-21-16-18-22(19-17-21)23-20(2)24/h16-19H,3-15H2,1-2H3,(H,23,24). The molecule has 0 unspecified atom stereocenters. The van der Waals surface area contributed by atoms with Gasteiger partial charge in [0.1, 0.15) is 0 Å². The van der Waals surface area contributed by atoms with Crippen molar-refractivity contribution in [3.63, 3.8) is 0 Å². The summed E-state index contributed by atoms with van der Waals surface area (Å²) in [5.74, 6) is -0.0105. The van der Waals surface area contributed by atoms with Gasteiger partial charge in [0, 0.05) is 12.6 Å². The van der Waals surface area contributed by atoms with Crippen LogP contribution in [0.15, 0.2) is 24.3 Å². The summed E-state index contributed by atoms with van der Waals surface area (Å²) in [7, 11) is 0. The van der Waals surface area contributed by atoms with Gasteiger partial charge in [-0.05, 0) is 30.5 Å². The molecule has 0 radical (unpaired) electrons. The molecule has 0 fully saturated rings. The molecule has 0 aromatic heterocycles. The molecular formula is C22H37NO. The fraction of sp³-hybridized carbons (Fsp3) is 0.682. The lowest BCUT2D eigenvalue weighted by Gasteiger charge is -2.05. The molecule has 0 bridgehead atoms. The van der Waals surface area contributed by atoms with E-state index < -0.39 is 0 Å². The molecule has 0 aliphatic heterocycles. The van der Waals surface area contributed by atoms with Crippen LogP contribution in [0.4, 0.5) is 5.69 Å². The number of unbranched alkanes of at least 4 members (excludes halogenated alkanes) is 11.